The summed E-state index contributed by atoms with van der Waals surface area (Å²) in [6.07, 6.45) is 0. The number of amides is 1. The molecule has 0 spiro atoms. The van der Waals surface area contributed by atoms with Gasteiger partial charge in [-0.05, 0) is 23.3 Å². The fourth-order valence-electron chi connectivity index (χ4n) is 2.93. The number of para-hydroxylation sites is 1. The fraction of sp³-hybridized carbons (Fsp3) is 0.136. The van der Waals surface area contributed by atoms with Crippen LogP contribution in [0.15, 0.2) is 91.0 Å². The van der Waals surface area contributed by atoms with Crippen LogP contribution in [0.25, 0.3) is 0 Å². The van der Waals surface area contributed by atoms with E-state index >= 15 is 0 Å². The molecule has 0 aliphatic rings. The lowest BCUT2D eigenvalue weighted by molar-refractivity contribution is -0.121. The zero-order valence-corrected chi connectivity index (χ0v) is 16.1. The lowest BCUT2D eigenvalue weighted by Gasteiger charge is -2.18. The first-order chi connectivity index (χ1) is 13.6. The molecule has 0 unspecified atom stereocenters. The lowest BCUT2D eigenvalue weighted by Crippen LogP contribution is -2.34. The Morgan fingerprint density at radius 2 is 1.21 bits per heavy atom. The molecule has 28 heavy (non-hydrogen) atoms. The van der Waals surface area contributed by atoms with E-state index in [-0.39, 0.29) is 18.2 Å². The minimum absolute atomic E-state index is 0.0250. The van der Waals surface area contributed by atoms with Crippen molar-refractivity contribution < 1.29 is 13.2 Å². The van der Waals surface area contributed by atoms with Crippen LogP contribution in [0, 0.1) is 0 Å². The van der Waals surface area contributed by atoms with Crippen LogP contribution < -0.4 is 10.0 Å². The van der Waals surface area contributed by atoms with Crippen molar-refractivity contribution in [3.63, 3.8) is 0 Å². The second kappa shape index (κ2) is 9.19. The smallest absolute Gasteiger partial charge is 0.234 e. The van der Waals surface area contributed by atoms with Crippen molar-refractivity contribution in [2.45, 2.75) is 5.92 Å². The summed E-state index contributed by atoms with van der Waals surface area (Å²) in [6.45, 7) is 0.0250. The molecular weight excluding hydrogens is 372 g/mol. The summed E-state index contributed by atoms with van der Waals surface area (Å²) >= 11 is 0. The molecule has 0 saturated carbocycles. The number of sulfonamides is 1. The van der Waals surface area contributed by atoms with Gasteiger partial charge >= 0.3 is 0 Å². The van der Waals surface area contributed by atoms with Gasteiger partial charge in [-0.1, -0.05) is 78.9 Å². The second-order valence-corrected chi connectivity index (χ2v) is 8.17. The van der Waals surface area contributed by atoms with Gasteiger partial charge in [-0.25, -0.2) is 8.42 Å². The Balaban J connectivity index is 1.66. The summed E-state index contributed by atoms with van der Waals surface area (Å²) in [4.78, 5) is 12.9. The maximum atomic E-state index is 12.9. The third-order valence-electron chi connectivity index (χ3n) is 4.25. The molecule has 2 N–H and O–H groups in total. The molecular formula is C22H22N2O3S. The highest BCUT2D eigenvalue weighted by atomic mass is 32.2. The maximum Gasteiger partial charge on any atom is 0.234 e. The summed E-state index contributed by atoms with van der Waals surface area (Å²) in [5.41, 5.74) is 2.22. The van der Waals surface area contributed by atoms with E-state index in [9.17, 15) is 13.2 Å². The zero-order valence-electron chi connectivity index (χ0n) is 15.3. The molecule has 3 rings (SSSR count). The van der Waals surface area contributed by atoms with Gasteiger partial charge in [0.2, 0.25) is 15.9 Å². The highest BCUT2D eigenvalue weighted by Gasteiger charge is 2.22. The zero-order chi connectivity index (χ0) is 19.8. The van der Waals surface area contributed by atoms with Crippen molar-refractivity contribution in [3.05, 3.63) is 102 Å². The third kappa shape index (κ3) is 5.44. The first-order valence-corrected chi connectivity index (χ1v) is 10.6. The van der Waals surface area contributed by atoms with Crippen LogP contribution >= 0.6 is 0 Å². The predicted octanol–water partition coefficient (Wildman–Crippen LogP) is 3.38. The first kappa shape index (κ1) is 19.6. The molecule has 0 aliphatic heterocycles. The van der Waals surface area contributed by atoms with Gasteiger partial charge in [0.05, 0.1) is 11.7 Å². The third-order valence-corrected chi connectivity index (χ3v) is 5.53. The Hall–Kier alpha value is -3.12. The number of benzene rings is 3. The largest absolute Gasteiger partial charge is 0.354 e. The monoisotopic (exact) mass is 394 g/mol. The van der Waals surface area contributed by atoms with Crippen molar-refractivity contribution in [1.29, 1.82) is 0 Å². The minimum Gasteiger partial charge on any atom is -0.354 e. The normalized spacial score (nSPS) is 11.2. The number of hydrogen-bond donors (Lipinski definition) is 2. The quantitative estimate of drug-likeness (QED) is 0.615. The van der Waals surface area contributed by atoms with Crippen molar-refractivity contribution in [3.8, 4) is 0 Å². The summed E-state index contributed by atoms with van der Waals surface area (Å²) in [7, 11) is -3.55. The van der Waals surface area contributed by atoms with Crippen LogP contribution in [0.5, 0.6) is 0 Å². The van der Waals surface area contributed by atoms with Gasteiger partial charge in [-0.15, -0.1) is 0 Å². The number of hydrogen-bond acceptors (Lipinski definition) is 3. The van der Waals surface area contributed by atoms with E-state index in [1.54, 1.807) is 24.3 Å². The first-order valence-electron chi connectivity index (χ1n) is 8.98. The van der Waals surface area contributed by atoms with Crippen LogP contribution in [0.3, 0.4) is 0 Å². The second-order valence-electron chi connectivity index (χ2n) is 6.33. The number of carbonyl (C=O) groups excluding carboxylic acids is 1. The van der Waals surface area contributed by atoms with Crippen LogP contribution in [0.1, 0.15) is 17.0 Å². The molecule has 0 radical (unpaired) electrons. The van der Waals surface area contributed by atoms with Gasteiger partial charge in [-0.2, -0.15) is 0 Å². The summed E-state index contributed by atoms with van der Waals surface area (Å²) in [5.74, 6) is -0.927. The predicted molar refractivity (Wildman–Crippen MR) is 112 cm³/mol. The topological polar surface area (TPSA) is 75.3 Å². The van der Waals surface area contributed by atoms with Crippen molar-refractivity contribution in [1.82, 2.24) is 5.32 Å². The Labute approximate surface area is 165 Å². The minimum atomic E-state index is -3.55. The van der Waals surface area contributed by atoms with Gasteiger partial charge < -0.3 is 5.32 Å². The average molecular weight is 394 g/mol. The Morgan fingerprint density at radius 3 is 1.71 bits per heavy atom. The molecule has 0 aromatic heterocycles. The van der Waals surface area contributed by atoms with E-state index in [1.165, 1.54) is 0 Å². The van der Waals surface area contributed by atoms with Crippen molar-refractivity contribution >= 4 is 21.6 Å². The van der Waals surface area contributed by atoms with E-state index in [0.717, 1.165) is 11.1 Å². The molecule has 144 valence electrons. The highest BCUT2D eigenvalue weighted by Crippen LogP contribution is 2.24. The number of nitrogens with one attached hydrogen (secondary N) is 2. The van der Waals surface area contributed by atoms with Gasteiger partial charge in [-0.3, -0.25) is 9.52 Å². The standard InChI is InChI=1S/C22H22N2O3S/c25-22(23-16-17-28(26,27)24-20-14-8-3-9-15-20)21(18-10-4-1-5-11-18)19-12-6-2-7-13-19/h1-15,21,24H,16-17H2,(H,23,25). The Morgan fingerprint density at radius 1 is 0.750 bits per heavy atom. The average Bonchev–Trinajstić information content (AvgIpc) is 2.70. The van der Waals surface area contributed by atoms with Gasteiger partial charge in [0.1, 0.15) is 0 Å². The van der Waals surface area contributed by atoms with Gasteiger partial charge in [0.15, 0.2) is 0 Å². The molecule has 0 heterocycles. The van der Waals surface area contributed by atoms with Crippen LogP contribution in [-0.4, -0.2) is 26.6 Å². The number of rotatable bonds is 8. The summed E-state index contributed by atoms with van der Waals surface area (Å²) in [5, 5.41) is 2.76. The maximum absolute atomic E-state index is 12.9. The van der Waals surface area contributed by atoms with Crippen molar-refractivity contribution in [2.75, 3.05) is 17.0 Å². The molecule has 6 heteroatoms. The van der Waals surface area contributed by atoms with E-state index < -0.39 is 15.9 Å². The van der Waals surface area contributed by atoms with E-state index in [1.807, 2.05) is 66.7 Å². The van der Waals surface area contributed by atoms with E-state index in [2.05, 4.69) is 10.0 Å². The molecule has 0 fully saturated rings. The highest BCUT2D eigenvalue weighted by molar-refractivity contribution is 7.92. The number of anilines is 1. The SMILES string of the molecule is O=C(NCCS(=O)(=O)Nc1ccccc1)C(c1ccccc1)c1ccccc1. The van der Waals surface area contributed by atoms with E-state index in [4.69, 9.17) is 0 Å². The lowest BCUT2D eigenvalue weighted by atomic mass is 9.90. The van der Waals surface area contributed by atoms with Crippen molar-refractivity contribution in [2.24, 2.45) is 0 Å². The summed E-state index contributed by atoms with van der Waals surface area (Å²) in [6, 6.07) is 27.6. The molecule has 5 nitrogen and oxygen atoms in total. The fourth-order valence-corrected chi connectivity index (χ4v) is 3.90. The molecule has 3 aromatic carbocycles. The van der Waals surface area contributed by atoms with Crippen LogP contribution in [0.4, 0.5) is 5.69 Å². The summed E-state index contributed by atoms with van der Waals surface area (Å²) < 4.78 is 27.0. The molecule has 3 aromatic rings. The number of carbonyl (C=O) groups is 1. The molecule has 0 bridgehead atoms. The van der Waals surface area contributed by atoms with Gasteiger partial charge in [0, 0.05) is 12.2 Å². The molecule has 0 aliphatic carbocycles. The molecule has 1 amide bonds. The van der Waals surface area contributed by atoms with E-state index in [0.29, 0.717) is 5.69 Å². The Kier molecular flexibility index (Phi) is 6.45. The Bertz CT molecular complexity index is 952. The van der Waals surface area contributed by atoms with Crippen LogP contribution in [-0.2, 0) is 14.8 Å². The van der Waals surface area contributed by atoms with Crippen LogP contribution in [0.2, 0.25) is 0 Å². The molecule has 0 atom stereocenters. The van der Waals surface area contributed by atoms with Gasteiger partial charge in [0.25, 0.3) is 0 Å². The molecule has 0 saturated heterocycles.